The van der Waals surface area contributed by atoms with Gasteiger partial charge in [-0.15, -0.1) is 0 Å². The number of thioether (sulfide) groups is 1. The molecule has 0 atom stereocenters. The summed E-state index contributed by atoms with van der Waals surface area (Å²) in [7, 11) is 0. The van der Waals surface area contributed by atoms with Gasteiger partial charge in [-0.3, -0.25) is 0 Å². The molecule has 0 aliphatic heterocycles. The Balaban J connectivity index is 1.54. The van der Waals surface area contributed by atoms with Crippen LogP contribution in [0.15, 0.2) is 52.3 Å². The fourth-order valence-corrected chi connectivity index (χ4v) is 3.38. The molecule has 9 heteroatoms. The van der Waals surface area contributed by atoms with Crippen LogP contribution in [-0.4, -0.2) is 29.9 Å². The van der Waals surface area contributed by atoms with Crippen LogP contribution in [0.2, 0.25) is 0 Å². The second kappa shape index (κ2) is 7.28. The molecule has 4 rings (SSSR count). The monoisotopic (exact) mass is 382 g/mol. The van der Waals surface area contributed by atoms with Crippen molar-refractivity contribution in [2.24, 2.45) is 0 Å². The zero-order chi connectivity index (χ0) is 18.8. The summed E-state index contributed by atoms with van der Waals surface area (Å²) in [4.78, 5) is 13.1. The number of aryl methyl sites for hydroxylation is 2. The van der Waals surface area contributed by atoms with E-state index < -0.39 is 0 Å². The number of hydrogen-bond acceptors (Lipinski definition) is 7. The van der Waals surface area contributed by atoms with Gasteiger partial charge < -0.3 is 4.52 Å². The zero-order valence-electron chi connectivity index (χ0n) is 14.6. The molecular formula is C18H15FN6OS. The van der Waals surface area contributed by atoms with Gasteiger partial charge in [0.25, 0.3) is 0 Å². The number of aromatic nitrogens is 6. The van der Waals surface area contributed by atoms with E-state index in [9.17, 15) is 4.39 Å². The van der Waals surface area contributed by atoms with E-state index in [0.717, 1.165) is 11.4 Å². The molecule has 0 fully saturated rings. The van der Waals surface area contributed by atoms with Crippen molar-refractivity contribution in [3.05, 3.63) is 65.8 Å². The Morgan fingerprint density at radius 3 is 2.78 bits per heavy atom. The quantitative estimate of drug-likeness (QED) is 0.486. The number of rotatable bonds is 5. The Bertz CT molecular complexity index is 1090. The van der Waals surface area contributed by atoms with Crippen molar-refractivity contribution in [1.29, 1.82) is 0 Å². The van der Waals surface area contributed by atoms with Crippen molar-refractivity contribution in [3.63, 3.8) is 0 Å². The van der Waals surface area contributed by atoms with E-state index in [4.69, 9.17) is 4.52 Å². The lowest BCUT2D eigenvalue weighted by Gasteiger charge is -2.07. The van der Waals surface area contributed by atoms with Crippen LogP contribution in [0.1, 0.15) is 17.3 Å². The van der Waals surface area contributed by atoms with Gasteiger partial charge in [0.1, 0.15) is 10.8 Å². The Kier molecular flexibility index (Phi) is 4.68. The molecule has 0 radical (unpaired) electrons. The third-order valence-electron chi connectivity index (χ3n) is 3.74. The highest BCUT2D eigenvalue weighted by molar-refractivity contribution is 7.98. The second-order valence-corrected chi connectivity index (χ2v) is 6.80. The first kappa shape index (κ1) is 17.3. The molecule has 1 aromatic carbocycles. The molecule has 0 bridgehead atoms. The maximum Gasteiger partial charge on any atom is 0.237 e. The van der Waals surface area contributed by atoms with E-state index in [0.29, 0.717) is 33.9 Å². The molecule has 0 spiro atoms. The third-order valence-corrected chi connectivity index (χ3v) is 4.69. The molecule has 7 nitrogen and oxygen atoms in total. The summed E-state index contributed by atoms with van der Waals surface area (Å²) < 4.78 is 20.4. The highest BCUT2D eigenvalue weighted by atomic mass is 32.2. The molecule has 0 amide bonds. The fourth-order valence-electron chi connectivity index (χ4n) is 2.60. The molecule has 0 saturated heterocycles. The first-order chi connectivity index (χ1) is 13.1. The molecule has 0 aliphatic carbocycles. The fraction of sp³-hybridized carbons (Fsp3) is 0.167. The average molecular weight is 382 g/mol. The number of halogens is 1. The minimum Gasteiger partial charge on any atom is -0.338 e. The van der Waals surface area contributed by atoms with Crippen LogP contribution >= 0.6 is 11.8 Å². The Hall–Kier alpha value is -3.07. The van der Waals surface area contributed by atoms with Crippen molar-refractivity contribution in [3.8, 4) is 17.2 Å². The zero-order valence-corrected chi connectivity index (χ0v) is 15.4. The van der Waals surface area contributed by atoms with Gasteiger partial charge in [0.15, 0.2) is 5.82 Å². The smallest absolute Gasteiger partial charge is 0.237 e. The van der Waals surface area contributed by atoms with E-state index in [-0.39, 0.29) is 5.82 Å². The predicted octanol–water partition coefficient (Wildman–Crippen LogP) is 3.76. The van der Waals surface area contributed by atoms with E-state index in [1.807, 2.05) is 19.9 Å². The minimum atomic E-state index is -0.345. The van der Waals surface area contributed by atoms with Crippen LogP contribution < -0.4 is 0 Å². The minimum absolute atomic E-state index is 0.345. The molecule has 0 saturated carbocycles. The summed E-state index contributed by atoms with van der Waals surface area (Å²) in [5, 5.41) is 9.08. The van der Waals surface area contributed by atoms with Gasteiger partial charge in [0.05, 0.1) is 11.4 Å². The van der Waals surface area contributed by atoms with E-state index in [2.05, 4.69) is 25.2 Å². The Morgan fingerprint density at radius 1 is 1.15 bits per heavy atom. The van der Waals surface area contributed by atoms with Crippen LogP contribution in [0.3, 0.4) is 0 Å². The molecule has 0 N–H and O–H groups in total. The van der Waals surface area contributed by atoms with Crippen LogP contribution in [0, 0.1) is 19.7 Å². The maximum atomic E-state index is 13.4. The maximum absolute atomic E-state index is 13.4. The SMILES string of the molecule is Cc1cc(C)n(-c2nccnc2SCc2nc(-c3cccc(F)c3)no2)n1. The summed E-state index contributed by atoms with van der Waals surface area (Å²) in [6.45, 7) is 3.89. The summed E-state index contributed by atoms with van der Waals surface area (Å²) in [6.07, 6.45) is 3.26. The first-order valence-electron chi connectivity index (χ1n) is 8.16. The normalized spacial score (nSPS) is 11.1. The Morgan fingerprint density at radius 2 is 2.00 bits per heavy atom. The molecule has 27 heavy (non-hydrogen) atoms. The highest BCUT2D eigenvalue weighted by Crippen LogP contribution is 2.26. The molecular weight excluding hydrogens is 367 g/mol. The van der Waals surface area contributed by atoms with Gasteiger partial charge in [0.2, 0.25) is 11.7 Å². The van der Waals surface area contributed by atoms with Gasteiger partial charge in [-0.25, -0.2) is 19.0 Å². The van der Waals surface area contributed by atoms with Crippen molar-refractivity contribution < 1.29 is 8.91 Å². The molecule has 0 unspecified atom stereocenters. The average Bonchev–Trinajstić information content (AvgIpc) is 3.26. The van der Waals surface area contributed by atoms with Crippen molar-refractivity contribution in [1.82, 2.24) is 29.9 Å². The van der Waals surface area contributed by atoms with Gasteiger partial charge in [-0.2, -0.15) is 10.1 Å². The van der Waals surface area contributed by atoms with Crippen LogP contribution in [0.5, 0.6) is 0 Å². The van der Waals surface area contributed by atoms with Crippen molar-refractivity contribution in [2.75, 3.05) is 0 Å². The van der Waals surface area contributed by atoms with Crippen LogP contribution in [0.25, 0.3) is 17.2 Å². The number of nitrogens with zero attached hydrogens (tertiary/aromatic N) is 6. The topological polar surface area (TPSA) is 82.5 Å². The molecule has 136 valence electrons. The van der Waals surface area contributed by atoms with E-state index >= 15 is 0 Å². The van der Waals surface area contributed by atoms with Gasteiger partial charge >= 0.3 is 0 Å². The standard InChI is InChI=1S/C18H15FN6OS/c1-11-8-12(2)25(23-11)17-18(21-7-6-20-17)27-10-15-22-16(24-26-15)13-4-3-5-14(19)9-13/h3-9H,10H2,1-2H3. The van der Waals surface area contributed by atoms with Gasteiger partial charge in [0, 0.05) is 23.7 Å². The first-order valence-corrected chi connectivity index (χ1v) is 9.14. The largest absolute Gasteiger partial charge is 0.338 e. The Labute approximate surface area is 158 Å². The molecule has 0 aliphatic rings. The summed E-state index contributed by atoms with van der Waals surface area (Å²) in [6, 6.07) is 8.05. The van der Waals surface area contributed by atoms with Crippen LogP contribution in [0.4, 0.5) is 4.39 Å². The highest BCUT2D eigenvalue weighted by Gasteiger charge is 2.15. The lowest BCUT2D eigenvalue weighted by Crippen LogP contribution is -2.05. The van der Waals surface area contributed by atoms with Crippen molar-refractivity contribution in [2.45, 2.75) is 24.6 Å². The molecule has 3 heterocycles. The summed E-state index contributed by atoms with van der Waals surface area (Å²) >= 11 is 1.42. The summed E-state index contributed by atoms with van der Waals surface area (Å²) in [5.41, 5.74) is 2.45. The lowest BCUT2D eigenvalue weighted by atomic mass is 10.2. The molecule has 4 aromatic rings. The van der Waals surface area contributed by atoms with Gasteiger partial charge in [-0.05, 0) is 32.0 Å². The second-order valence-electron chi connectivity index (χ2n) is 5.83. The van der Waals surface area contributed by atoms with Crippen LogP contribution in [-0.2, 0) is 5.75 Å². The number of hydrogen-bond donors (Lipinski definition) is 0. The summed E-state index contributed by atoms with van der Waals surface area (Å²) in [5.74, 6) is 1.49. The van der Waals surface area contributed by atoms with E-state index in [1.165, 1.54) is 23.9 Å². The lowest BCUT2D eigenvalue weighted by molar-refractivity contribution is 0.391. The molecule has 3 aromatic heterocycles. The van der Waals surface area contributed by atoms with Gasteiger partial charge in [-0.1, -0.05) is 29.1 Å². The third kappa shape index (κ3) is 3.72. The predicted molar refractivity (Wildman–Crippen MR) is 97.9 cm³/mol. The number of benzene rings is 1. The van der Waals surface area contributed by atoms with E-state index in [1.54, 1.807) is 29.2 Å². The van der Waals surface area contributed by atoms with Crippen molar-refractivity contribution >= 4 is 11.8 Å².